The Morgan fingerprint density at radius 2 is 2.25 bits per heavy atom. The molecule has 0 amide bonds. The Balaban J connectivity index is 2.71. The summed E-state index contributed by atoms with van der Waals surface area (Å²) in [7, 11) is 2.17. The van der Waals surface area contributed by atoms with Crippen LogP contribution in [0.25, 0.3) is 0 Å². The lowest BCUT2D eigenvalue weighted by Crippen LogP contribution is -2.08. The average Bonchev–Trinajstić information content (AvgIpc) is 1.98. The SMILES string of the molecule is CC1=[N+](C)CCC1C. The molecule has 0 spiro atoms. The van der Waals surface area contributed by atoms with E-state index >= 15 is 0 Å². The summed E-state index contributed by atoms with van der Waals surface area (Å²) in [6.45, 7) is 5.77. The molecular weight excluding hydrogens is 98.1 g/mol. The standard InChI is InChI=1S/C7H14N/c1-6-4-5-8(3)7(6)2/h6H,4-5H2,1-3H3/q+1. The number of hydrogen-bond donors (Lipinski definition) is 0. The van der Waals surface area contributed by atoms with Crippen molar-refractivity contribution >= 4 is 5.71 Å². The summed E-state index contributed by atoms with van der Waals surface area (Å²) in [6.07, 6.45) is 1.35. The molecule has 0 N–H and O–H groups in total. The molecule has 1 atom stereocenters. The maximum atomic E-state index is 2.34. The van der Waals surface area contributed by atoms with Gasteiger partial charge in [0.2, 0.25) is 0 Å². The van der Waals surface area contributed by atoms with E-state index in [0.29, 0.717) is 0 Å². The second-order valence-electron chi connectivity index (χ2n) is 2.75. The Labute approximate surface area is 51.0 Å². The molecule has 0 aromatic carbocycles. The number of hydrogen-bond acceptors (Lipinski definition) is 0. The van der Waals surface area contributed by atoms with Crippen LogP contribution in [0.15, 0.2) is 0 Å². The second kappa shape index (κ2) is 1.88. The van der Waals surface area contributed by atoms with Crippen molar-refractivity contribution in [1.29, 1.82) is 0 Å². The highest BCUT2D eigenvalue weighted by atomic mass is 15.0. The van der Waals surface area contributed by atoms with Crippen LogP contribution in [0.1, 0.15) is 20.3 Å². The largest absolute Gasteiger partial charge is 0.240 e. The number of rotatable bonds is 0. The third-order valence-corrected chi connectivity index (χ3v) is 2.21. The van der Waals surface area contributed by atoms with Crippen LogP contribution in [0.5, 0.6) is 0 Å². The van der Waals surface area contributed by atoms with E-state index in [1.807, 2.05) is 0 Å². The quantitative estimate of drug-likeness (QED) is 0.413. The average molecular weight is 112 g/mol. The number of nitrogens with zero attached hydrogens (tertiary/aromatic N) is 1. The van der Waals surface area contributed by atoms with Crippen LogP contribution in [0.3, 0.4) is 0 Å². The van der Waals surface area contributed by atoms with E-state index in [1.54, 1.807) is 5.71 Å². The summed E-state index contributed by atoms with van der Waals surface area (Å²) in [5.74, 6) is 0.833. The highest BCUT2D eigenvalue weighted by Crippen LogP contribution is 2.10. The van der Waals surface area contributed by atoms with Crippen molar-refractivity contribution in [2.75, 3.05) is 13.6 Å². The molecule has 0 aliphatic carbocycles. The molecule has 1 unspecified atom stereocenters. The fourth-order valence-corrected chi connectivity index (χ4v) is 1.15. The Morgan fingerprint density at radius 1 is 1.62 bits per heavy atom. The molecule has 0 saturated heterocycles. The van der Waals surface area contributed by atoms with Crippen LogP contribution in [0.4, 0.5) is 0 Å². The van der Waals surface area contributed by atoms with Gasteiger partial charge in [0.05, 0.1) is 0 Å². The van der Waals surface area contributed by atoms with E-state index in [0.717, 1.165) is 5.92 Å². The molecule has 46 valence electrons. The second-order valence-corrected chi connectivity index (χ2v) is 2.75. The summed E-state index contributed by atoms with van der Waals surface area (Å²) in [4.78, 5) is 0. The van der Waals surface area contributed by atoms with Crippen LogP contribution in [0, 0.1) is 5.92 Å². The van der Waals surface area contributed by atoms with Gasteiger partial charge in [0.1, 0.15) is 13.6 Å². The van der Waals surface area contributed by atoms with Crippen LogP contribution < -0.4 is 0 Å². The van der Waals surface area contributed by atoms with Crippen LogP contribution in [-0.2, 0) is 0 Å². The Bertz CT molecular complexity index is 124. The molecule has 8 heavy (non-hydrogen) atoms. The van der Waals surface area contributed by atoms with Gasteiger partial charge in [0.25, 0.3) is 0 Å². The first-order chi connectivity index (χ1) is 3.72. The summed E-state index contributed by atoms with van der Waals surface area (Å²) in [6, 6.07) is 0. The van der Waals surface area contributed by atoms with Gasteiger partial charge in [-0.05, 0) is 0 Å². The van der Waals surface area contributed by atoms with Crippen molar-refractivity contribution < 1.29 is 4.58 Å². The first kappa shape index (κ1) is 5.80. The minimum Gasteiger partial charge on any atom is -0.240 e. The van der Waals surface area contributed by atoms with E-state index in [-0.39, 0.29) is 0 Å². The maximum absolute atomic E-state index is 2.34. The fraction of sp³-hybridized carbons (Fsp3) is 0.857. The minimum atomic E-state index is 0.833. The molecule has 1 heterocycles. The summed E-state index contributed by atoms with van der Waals surface area (Å²) in [5.41, 5.74) is 1.55. The van der Waals surface area contributed by atoms with Crippen LogP contribution >= 0.6 is 0 Å². The highest BCUT2D eigenvalue weighted by Gasteiger charge is 2.21. The molecule has 1 rings (SSSR count). The molecule has 1 heteroatoms. The third-order valence-electron chi connectivity index (χ3n) is 2.21. The smallest absolute Gasteiger partial charge is 0.152 e. The zero-order valence-corrected chi connectivity index (χ0v) is 5.94. The first-order valence-corrected chi connectivity index (χ1v) is 3.26. The molecule has 1 aliphatic rings. The van der Waals surface area contributed by atoms with E-state index in [4.69, 9.17) is 0 Å². The summed E-state index contributed by atoms with van der Waals surface area (Å²) >= 11 is 0. The van der Waals surface area contributed by atoms with Gasteiger partial charge >= 0.3 is 0 Å². The molecule has 0 aromatic rings. The van der Waals surface area contributed by atoms with Gasteiger partial charge in [-0.2, -0.15) is 0 Å². The van der Waals surface area contributed by atoms with Crippen molar-refractivity contribution in [1.82, 2.24) is 0 Å². The van der Waals surface area contributed by atoms with Gasteiger partial charge in [-0.3, -0.25) is 0 Å². The van der Waals surface area contributed by atoms with Crippen molar-refractivity contribution in [2.24, 2.45) is 5.92 Å². The van der Waals surface area contributed by atoms with Crippen molar-refractivity contribution in [2.45, 2.75) is 20.3 Å². The predicted octanol–water partition coefficient (Wildman–Crippen LogP) is 1.13. The van der Waals surface area contributed by atoms with E-state index in [9.17, 15) is 0 Å². The molecule has 0 aromatic heterocycles. The van der Waals surface area contributed by atoms with Crippen molar-refractivity contribution in [3.63, 3.8) is 0 Å². The Hall–Kier alpha value is -0.330. The van der Waals surface area contributed by atoms with E-state index in [1.165, 1.54) is 13.0 Å². The summed E-state index contributed by atoms with van der Waals surface area (Å²) < 4.78 is 2.34. The maximum Gasteiger partial charge on any atom is 0.152 e. The minimum absolute atomic E-state index is 0.833. The van der Waals surface area contributed by atoms with Gasteiger partial charge in [-0.1, -0.05) is 6.92 Å². The topological polar surface area (TPSA) is 3.01 Å². The van der Waals surface area contributed by atoms with Gasteiger partial charge < -0.3 is 0 Å². The molecule has 0 fully saturated rings. The van der Waals surface area contributed by atoms with Crippen molar-refractivity contribution in [3.05, 3.63) is 0 Å². The van der Waals surface area contributed by atoms with Gasteiger partial charge in [-0.25, -0.2) is 4.58 Å². The lowest BCUT2D eigenvalue weighted by molar-refractivity contribution is -0.489. The van der Waals surface area contributed by atoms with Gasteiger partial charge in [-0.15, -0.1) is 0 Å². The highest BCUT2D eigenvalue weighted by molar-refractivity contribution is 5.80. The zero-order valence-electron chi connectivity index (χ0n) is 5.94. The van der Waals surface area contributed by atoms with Gasteiger partial charge in [0.15, 0.2) is 5.71 Å². The fourth-order valence-electron chi connectivity index (χ4n) is 1.15. The molecule has 1 aliphatic heterocycles. The van der Waals surface area contributed by atoms with E-state index in [2.05, 4.69) is 25.5 Å². The van der Waals surface area contributed by atoms with Crippen LogP contribution in [-0.4, -0.2) is 23.9 Å². The normalized spacial score (nSPS) is 29.6. The van der Waals surface area contributed by atoms with Crippen molar-refractivity contribution in [3.8, 4) is 0 Å². The van der Waals surface area contributed by atoms with Gasteiger partial charge in [0, 0.05) is 19.3 Å². The molecule has 0 bridgehead atoms. The zero-order chi connectivity index (χ0) is 6.15. The Kier molecular flexibility index (Phi) is 1.37. The van der Waals surface area contributed by atoms with E-state index < -0.39 is 0 Å². The first-order valence-electron chi connectivity index (χ1n) is 3.26. The molecule has 1 nitrogen and oxygen atoms in total. The summed E-state index contributed by atoms with van der Waals surface area (Å²) in [5, 5.41) is 0. The molecular formula is C7H14N+. The predicted molar refractivity (Wildman–Crippen MR) is 35.5 cm³/mol. The molecule has 0 radical (unpaired) electrons. The lowest BCUT2D eigenvalue weighted by Gasteiger charge is -1.91. The Morgan fingerprint density at radius 3 is 2.38 bits per heavy atom. The molecule has 0 saturated carbocycles. The van der Waals surface area contributed by atoms with Crippen LogP contribution in [0.2, 0.25) is 0 Å². The third kappa shape index (κ3) is 0.770. The lowest BCUT2D eigenvalue weighted by atomic mass is 10.1. The monoisotopic (exact) mass is 112 g/mol.